The van der Waals surface area contributed by atoms with Gasteiger partial charge in [-0.05, 0) is 34.5 Å². The minimum atomic E-state index is -0.574. The third-order valence-electron chi connectivity index (χ3n) is 2.28. The molecular weight excluding hydrogens is 278 g/mol. The van der Waals surface area contributed by atoms with Gasteiger partial charge < -0.3 is 4.74 Å². The maximum atomic E-state index is 13.5. The molecule has 0 radical (unpaired) electrons. The molecule has 1 rings (SSSR count). The Morgan fingerprint density at radius 1 is 1.25 bits per heavy atom. The van der Waals surface area contributed by atoms with Crippen molar-refractivity contribution in [2.75, 3.05) is 6.61 Å². The van der Waals surface area contributed by atoms with Gasteiger partial charge in [-0.25, -0.2) is 8.78 Å². The molecule has 0 atom stereocenters. The standard InChI is InChI=1S/C12H15BrF2O/c1-2-3-4-7-16-8-9-11(14)6-5-10(13)12(9)15/h5-6H,2-4,7-8H2,1H3. The Kier molecular flexibility index (Phi) is 5.91. The smallest absolute Gasteiger partial charge is 0.145 e. The first kappa shape index (κ1) is 13.6. The van der Waals surface area contributed by atoms with Crippen LogP contribution in [0.4, 0.5) is 8.78 Å². The molecule has 0 aliphatic carbocycles. The van der Waals surface area contributed by atoms with E-state index in [4.69, 9.17) is 4.74 Å². The van der Waals surface area contributed by atoms with Gasteiger partial charge in [-0.2, -0.15) is 0 Å². The van der Waals surface area contributed by atoms with E-state index < -0.39 is 11.6 Å². The number of hydrogen-bond donors (Lipinski definition) is 0. The first-order valence-electron chi connectivity index (χ1n) is 5.37. The Balaban J connectivity index is 2.50. The van der Waals surface area contributed by atoms with Crippen molar-refractivity contribution >= 4 is 15.9 Å². The molecule has 0 fully saturated rings. The molecule has 0 N–H and O–H groups in total. The maximum absolute atomic E-state index is 13.5. The summed E-state index contributed by atoms with van der Waals surface area (Å²) in [6, 6.07) is 2.59. The van der Waals surface area contributed by atoms with Crippen LogP contribution in [0.25, 0.3) is 0 Å². The molecule has 0 aromatic heterocycles. The molecule has 0 heterocycles. The quantitative estimate of drug-likeness (QED) is 0.557. The van der Waals surface area contributed by atoms with Crippen LogP contribution in [0.15, 0.2) is 16.6 Å². The van der Waals surface area contributed by atoms with Crippen molar-refractivity contribution < 1.29 is 13.5 Å². The van der Waals surface area contributed by atoms with Crippen LogP contribution in [0, 0.1) is 11.6 Å². The van der Waals surface area contributed by atoms with E-state index in [1.807, 2.05) is 0 Å². The summed E-state index contributed by atoms with van der Waals surface area (Å²) < 4.78 is 32.2. The largest absolute Gasteiger partial charge is 0.377 e. The molecule has 90 valence electrons. The third kappa shape index (κ3) is 3.83. The van der Waals surface area contributed by atoms with Crippen molar-refractivity contribution in [1.29, 1.82) is 0 Å². The van der Waals surface area contributed by atoms with Crippen molar-refractivity contribution in [1.82, 2.24) is 0 Å². The van der Waals surface area contributed by atoms with Gasteiger partial charge in [0, 0.05) is 6.61 Å². The highest BCUT2D eigenvalue weighted by atomic mass is 79.9. The molecule has 1 aromatic carbocycles. The Morgan fingerprint density at radius 3 is 2.69 bits per heavy atom. The molecule has 1 nitrogen and oxygen atoms in total. The highest BCUT2D eigenvalue weighted by Crippen LogP contribution is 2.22. The first-order valence-corrected chi connectivity index (χ1v) is 6.16. The summed E-state index contributed by atoms with van der Waals surface area (Å²) in [7, 11) is 0. The lowest BCUT2D eigenvalue weighted by Crippen LogP contribution is -2.01. The van der Waals surface area contributed by atoms with Gasteiger partial charge in [-0.3, -0.25) is 0 Å². The maximum Gasteiger partial charge on any atom is 0.145 e. The molecule has 0 unspecified atom stereocenters. The van der Waals surface area contributed by atoms with Gasteiger partial charge in [0.15, 0.2) is 0 Å². The zero-order valence-electron chi connectivity index (χ0n) is 9.23. The van der Waals surface area contributed by atoms with Crippen molar-refractivity contribution in [3.63, 3.8) is 0 Å². The summed E-state index contributed by atoms with van der Waals surface area (Å²) in [5, 5.41) is 0. The number of ether oxygens (including phenoxy) is 1. The van der Waals surface area contributed by atoms with Crippen LogP contribution in [0.2, 0.25) is 0 Å². The van der Waals surface area contributed by atoms with E-state index in [-0.39, 0.29) is 16.6 Å². The van der Waals surface area contributed by atoms with Crippen LogP contribution in [0.1, 0.15) is 31.7 Å². The number of halogens is 3. The van der Waals surface area contributed by atoms with Gasteiger partial charge in [0.1, 0.15) is 11.6 Å². The van der Waals surface area contributed by atoms with Gasteiger partial charge in [0.25, 0.3) is 0 Å². The topological polar surface area (TPSA) is 9.23 Å². The van der Waals surface area contributed by atoms with E-state index >= 15 is 0 Å². The van der Waals surface area contributed by atoms with Crippen molar-refractivity contribution in [3.05, 3.63) is 33.8 Å². The second kappa shape index (κ2) is 6.97. The Hall–Kier alpha value is -0.480. The molecular formula is C12H15BrF2O. The van der Waals surface area contributed by atoms with Gasteiger partial charge in [0.05, 0.1) is 16.6 Å². The molecule has 0 spiro atoms. The van der Waals surface area contributed by atoms with Crippen LogP contribution in [-0.2, 0) is 11.3 Å². The zero-order valence-corrected chi connectivity index (χ0v) is 10.8. The Labute approximate surface area is 103 Å². The minimum absolute atomic E-state index is 0.00845. The summed E-state index contributed by atoms with van der Waals surface area (Å²) in [6.07, 6.45) is 3.10. The lowest BCUT2D eigenvalue weighted by atomic mass is 10.2. The zero-order chi connectivity index (χ0) is 12.0. The minimum Gasteiger partial charge on any atom is -0.377 e. The second-order valence-electron chi connectivity index (χ2n) is 3.58. The van der Waals surface area contributed by atoms with Crippen molar-refractivity contribution in [3.8, 4) is 0 Å². The monoisotopic (exact) mass is 292 g/mol. The molecule has 16 heavy (non-hydrogen) atoms. The number of unbranched alkanes of at least 4 members (excludes halogenated alkanes) is 2. The molecule has 4 heteroatoms. The lowest BCUT2D eigenvalue weighted by molar-refractivity contribution is 0.112. The molecule has 0 aliphatic rings. The van der Waals surface area contributed by atoms with Crippen LogP contribution in [-0.4, -0.2) is 6.61 Å². The van der Waals surface area contributed by atoms with Gasteiger partial charge in [0.2, 0.25) is 0 Å². The lowest BCUT2D eigenvalue weighted by Gasteiger charge is -2.07. The SMILES string of the molecule is CCCCCOCc1c(F)ccc(Br)c1F. The second-order valence-corrected chi connectivity index (χ2v) is 4.44. The Bertz CT molecular complexity index is 342. The van der Waals surface area contributed by atoms with Crippen LogP contribution < -0.4 is 0 Å². The predicted octanol–water partition coefficient (Wildman–Crippen LogP) is 4.43. The molecule has 1 aromatic rings. The predicted molar refractivity (Wildman–Crippen MR) is 63.2 cm³/mol. The average Bonchev–Trinajstić information content (AvgIpc) is 2.28. The number of hydrogen-bond acceptors (Lipinski definition) is 1. The van der Waals surface area contributed by atoms with Crippen molar-refractivity contribution in [2.45, 2.75) is 32.8 Å². The fourth-order valence-corrected chi connectivity index (χ4v) is 1.70. The van der Waals surface area contributed by atoms with E-state index in [1.54, 1.807) is 0 Å². The van der Waals surface area contributed by atoms with E-state index in [2.05, 4.69) is 22.9 Å². The normalized spacial score (nSPS) is 10.8. The van der Waals surface area contributed by atoms with E-state index in [9.17, 15) is 8.78 Å². The summed E-state index contributed by atoms with van der Waals surface area (Å²) in [4.78, 5) is 0. The van der Waals surface area contributed by atoms with E-state index in [0.717, 1.165) is 19.3 Å². The third-order valence-corrected chi connectivity index (χ3v) is 2.89. The molecule has 0 saturated heterocycles. The fraction of sp³-hybridized carbons (Fsp3) is 0.500. The summed E-state index contributed by atoms with van der Waals surface area (Å²) >= 11 is 3.02. The van der Waals surface area contributed by atoms with Crippen LogP contribution >= 0.6 is 15.9 Å². The fourth-order valence-electron chi connectivity index (χ4n) is 1.33. The molecule has 0 amide bonds. The van der Waals surface area contributed by atoms with Gasteiger partial charge in [-0.15, -0.1) is 0 Å². The highest BCUT2D eigenvalue weighted by Gasteiger charge is 2.11. The van der Waals surface area contributed by atoms with Gasteiger partial charge in [-0.1, -0.05) is 19.8 Å². The van der Waals surface area contributed by atoms with E-state index in [0.29, 0.717) is 6.61 Å². The summed E-state index contributed by atoms with van der Waals surface area (Å²) in [5.74, 6) is -1.13. The molecule has 0 saturated carbocycles. The summed E-state index contributed by atoms with van der Waals surface area (Å²) in [6.45, 7) is 2.62. The van der Waals surface area contributed by atoms with Gasteiger partial charge >= 0.3 is 0 Å². The molecule has 0 aliphatic heterocycles. The van der Waals surface area contributed by atoms with Crippen LogP contribution in [0.3, 0.4) is 0 Å². The molecule has 0 bridgehead atoms. The van der Waals surface area contributed by atoms with E-state index in [1.165, 1.54) is 12.1 Å². The number of rotatable bonds is 6. The number of benzene rings is 1. The average molecular weight is 293 g/mol. The Morgan fingerprint density at radius 2 is 2.00 bits per heavy atom. The summed E-state index contributed by atoms with van der Waals surface area (Å²) in [5.41, 5.74) is -0.00845. The highest BCUT2D eigenvalue weighted by molar-refractivity contribution is 9.10. The first-order chi connectivity index (χ1) is 7.66. The van der Waals surface area contributed by atoms with Crippen molar-refractivity contribution in [2.24, 2.45) is 0 Å². The van der Waals surface area contributed by atoms with Crippen LogP contribution in [0.5, 0.6) is 0 Å².